The highest BCUT2D eigenvalue weighted by Gasteiger charge is 2.11. The van der Waals surface area contributed by atoms with Crippen LogP contribution in [0.3, 0.4) is 0 Å². The van der Waals surface area contributed by atoms with Crippen molar-refractivity contribution in [2.24, 2.45) is 0 Å². The third kappa shape index (κ3) is 4.22. The van der Waals surface area contributed by atoms with Gasteiger partial charge in [0.15, 0.2) is 0 Å². The highest BCUT2D eigenvalue weighted by molar-refractivity contribution is 6.30. The largest absolute Gasteiger partial charge is 0.350 e. The molecular weight excluding hydrogens is 388 g/mol. The van der Waals surface area contributed by atoms with Crippen molar-refractivity contribution in [3.05, 3.63) is 93.5 Å². The van der Waals surface area contributed by atoms with Gasteiger partial charge in [-0.15, -0.1) is 0 Å². The number of fused-ring (bicyclic) bond motifs is 1. The van der Waals surface area contributed by atoms with E-state index in [1.54, 1.807) is 30.6 Å². The first-order valence-electron chi connectivity index (χ1n) is 9.16. The number of halogens is 1. The van der Waals surface area contributed by atoms with Gasteiger partial charge in [0.25, 0.3) is 5.56 Å². The SMILES string of the molecule is Cc1ccc(CNC(=O)Cn2ccn3nc(-c4ccc(Cl)cc4)cc3c2=O)cc1. The van der Waals surface area contributed by atoms with Gasteiger partial charge in [0.2, 0.25) is 5.91 Å². The van der Waals surface area contributed by atoms with Crippen molar-refractivity contribution < 1.29 is 4.79 Å². The average Bonchev–Trinajstić information content (AvgIpc) is 3.15. The number of aryl methyl sites for hydroxylation is 1. The lowest BCUT2D eigenvalue weighted by Gasteiger charge is -2.08. The first-order chi connectivity index (χ1) is 14.0. The zero-order valence-electron chi connectivity index (χ0n) is 15.8. The Kier molecular flexibility index (Phi) is 5.18. The van der Waals surface area contributed by atoms with Gasteiger partial charge in [-0.2, -0.15) is 5.10 Å². The Labute approximate surface area is 172 Å². The summed E-state index contributed by atoms with van der Waals surface area (Å²) >= 11 is 5.93. The lowest BCUT2D eigenvalue weighted by molar-refractivity contribution is -0.121. The first kappa shape index (κ1) is 19.0. The molecule has 0 bridgehead atoms. The molecule has 0 fully saturated rings. The zero-order valence-corrected chi connectivity index (χ0v) is 16.6. The molecule has 4 rings (SSSR count). The molecule has 1 N–H and O–H groups in total. The van der Waals surface area contributed by atoms with Crippen LogP contribution in [-0.2, 0) is 17.9 Å². The second-order valence-corrected chi connectivity index (χ2v) is 7.30. The van der Waals surface area contributed by atoms with Crippen molar-refractivity contribution >= 4 is 23.0 Å². The molecule has 2 aromatic heterocycles. The Morgan fingerprint density at radius 1 is 1.07 bits per heavy atom. The molecule has 7 heteroatoms. The highest BCUT2D eigenvalue weighted by atomic mass is 35.5. The van der Waals surface area contributed by atoms with Gasteiger partial charge in [-0.3, -0.25) is 9.59 Å². The van der Waals surface area contributed by atoms with Crippen molar-refractivity contribution in [1.29, 1.82) is 0 Å². The maximum absolute atomic E-state index is 12.8. The second kappa shape index (κ2) is 7.93. The van der Waals surface area contributed by atoms with Crippen LogP contribution >= 0.6 is 11.6 Å². The minimum Gasteiger partial charge on any atom is -0.350 e. The van der Waals surface area contributed by atoms with Crippen molar-refractivity contribution in [2.45, 2.75) is 20.0 Å². The number of rotatable bonds is 5. The van der Waals surface area contributed by atoms with Gasteiger partial charge in [-0.1, -0.05) is 53.6 Å². The number of nitrogens with one attached hydrogen (secondary N) is 1. The Morgan fingerprint density at radius 3 is 2.52 bits per heavy atom. The van der Waals surface area contributed by atoms with Gasteiger partial charge in [0.1, 0.15) is 12.1 Å². The number of carbonyl (C=O) groups excluding carboxylic acids is 1. The van der Waals surface area contributed by atoms with Crippen LogP contribution in [-0.4, -0.2) is 20.1 Å². The summed E-state index contributed by atoms with van der Waals surface area (Å²) in [5.41, 5.74) is 3.84. The van der Waals surface area contributed by atoms with Crippen LogP contribution in [0.1, 0.15) is 11.1 Å². The highest BCUT2D eigenvalue weighted by Crippen LogP contribution is 2.20. The summed E-state index contributed by atoms with van der Waals surface area (Å²) < 4.78 is 2.90. The Morgan fingerprint density at radius 2 is 1.79 bits per heavy atom. The topological polar surface area (TPSA) is 68.4 Å². The van der Waals surface area contributed by atoms with E-state index in [1.165, 1.54) is 14.6 Å². The van der Waals surface area contributed by atoms with Gasteiger partial charge in [0.05, 0.1) is 5.69 Å². The predicted octanol–water partition coefficient (Wildman–Crippen LogP) is 3.44. The molecule has 2 aromatic carbocycles. The van der Waals surface area contributed by atoms with Gasteiger partial charge in [-0.25, -0.2) is 4.52 Å². The van der Waals surface area contributed by atoms with Crippen molar-refractivity contribution in [1.82, 2.24) is 19.5 Å². The average molecular weight is 407 g/mol. The third-order valence-electron chi connectivity index (χ3n) is 4.67. The van der Waals surface area contributed by atoms with Gasteiger partial charge < -0.3 is 9.88 Å². The molecule has 0 atom stereocenters. The van der Waals surface area contributed by atoms with Crippen LogP contribution in [0.5, 0.6) is 0 Å². The fourth-order valence-corrected chi connectivity index (χ4v) is 3.16. The van der Waals surface area contributed by atoms with E-state index in [9.17, 15) is 9.59 Å². The van der Waals surface area contributed by atoms with E-state index in [2.05, 4.69) is 10.4 Å². The number of benzene rings is 2. The van der Waals surface area contributed by atoms with Crippen molar-refractivity contribution in [2.75, 3.05) is 0 Å². The van der Waals surface area contributed by atoms with Crippen molar-refractivity contribution in [3.8, 4) is 11.3 Å². The lowest BCUT2D eigenvalue weighted by Crippen LogP contribution is -2.32. The summed E-state index contributed by atoms with van der Waals surface area (Å²) in [7, 11) is 0. The van der Waals surface area contributed by atoms with E-state index in [-0.39, 0.29) is 18.0 Å². The van der Waals surface area contributed by atoms with Crippen LogP contribution in [0.25, 0.3) is 16.8 Å². The summed E-state index contributed by atoms with van der Waals surface area (Å²) in [5, 5.41) is 7.92. The predicted molar refractivity (Wildman–Crippen MR) is 113 cm³/mol. The third-order valence-corrected chi connectivity index (χ3v) is 4.92. The maximum Gasteiger partial charge on any atom is 0.277 e. The normalized spacial score (nSPS) is 11.0. The van der Waals surface area contributed by atoms with Crippen LogP contribution < -0.4 is 10.9 Å². The monoisotopic (exact) mass is 406 g/mol. The summed E-state index contributed by atoms with van der Waals surface area (Å²) in [6.45, 7) is 2.38. The van der Waals surface area contributed by atoms with Crippen LogP contribution in [0, 0.1) is 6.92 Å². The number of aromatic nitrogens is 3. The lowest BCUT2D eigenvalue weighted by atomic mass is 10.1. The summed E-state index contributed by atoms with van der Waals surface area (Å²) in [5.74, 6) is -0.227. The first-order valence-corrected chi connectivity index (χ1v) is 9.54. The number of hydrogen-bond donors (Lipinski definition) is 1. The Balaban J connectivity index is 1.51. The molecule has 0 radical (unpaired) electrons. The zero-order chi connectivity index (χ0) is 20.4. The summed E-state index contributed by atoms with van der Waals surface area (Å²) in [4.78, 5) is 25.1. The molecule has 4 aromatic rings. The molecule has 0 saturated carbocycles. The molecule has 29 heavy (non-hydrogen) atoms. The number of carbonyl (C=O) groups is 1. The molecule has 0 spiro atoms. The molecule has 1 amide bonds. The Bertz CT molecular complexity index is 1220. The molecule has 0 aliphatic heterocycles. The molecule has 6 nitrogen and oxygen atoms in total. The molecular formula is C22H19ClN4O2. The smallest absolute Gasteiger partial charge is 0.277 e. The minimum absolute atomic E-state index is 0.0529. The number of hydrogen-bond acceptors (Lipinski definition) is 3. The quantitative estimate of drug-likeness (QED) is 0.552. The molecule has 0 unspecified atom stereocenters. The van der Waals surface area contributed by atoms with E-state index in [0.29, 0.717) is 22.8 Å². The van der Waals surface area contributed by atoms with E-state index < -0.39 is 0 Å². The van der Waals surface area contributed by atoms with Gasteiger partial charge in [0, 0.05) is 29.5 Å². The standard InChI is InChI=1S/C22H19ClN4O2/c1-15-2-4-16(5-3-15)13-24-21(28)14-26-10-11-27-20(22(26)29)12-19(25-27)17-6-8-18(23)9-7-17/h2-12H,13-14H2,1H3,(H,24,28). The van der Waals surface area contributed by atoms with E-state index >= 15 is 0 Å². The van der Waals surface area contributed by atoms with Gasteiger partial charge >= 0.3 is 0 Å². The van der Waals surface area contributed by atoms with E-state index in [1.807, 2.05) is 43.3 Å². The molecule has 146 valence electrons. The van der Waals surface area contributed by atoms with Gasteiger partial charge in [-0.05, 0) is 30.7 Å². The second-order valence-electron chi connectivity index (χ2n) is 6.86. The minimum atomic E-state index is -0.273. The Hall–Kier alpha value is -3.38. The van der Waals surface area contributed by atoms with E-state index in [0.717, 1.165) is 11.1 Å². The molecule has 0 saturated heterocycles. The number of amides is 1. The molecule has 0 aliphatic carbocycles. The fraction of sp³-hybridized carbons (Fsp3) is 0.136. The summed E-state index contributed by atoms with van der Waals surface area (Å²) in [6.07, 6.45) is 3.24. The number of nitrogens with zero attached hydrogens (tertiary/aromatic N) is 3. The van der Waals surface area contributed by atoms with Crippen LogP contribution in [0.2, 0.25) is 5.02 Å². The van der Waals surface area contributed by atoms with Crippen LogP contribution in [0.4, 0.5) is 0 Å². The molecule has 0 aliphatic rings. The summed E-state index contributed by atoms with van der Waals surface area (Å²) in [6, 6.07) is 16.9. The maximum atomic E-state index is 12.8. The molecule has 2 heterocycles. The van der Waals surface area contributed by atoms with Crippen LogP contribution in [0.15, 0.2) is 71.8 Å². The van der Waals surface area contributed by atoms with Crippen molar-refractivity contribution in [3.63, 3.8) is 0 Å². The fourth-order valence-electron chi connectivity index (χ4n) is 3.03. The van der Waals surface area contributed by atoms with E-state index in [4.69, 9.17) is 11.6 Å².